The molecule has 22 heavy (non-hydrogen) atoms. The second-order valence-corrected chi connectivity index (χ2v) is 7.41. The second kappa shape index (κ2) is 6.54. The standard InChI is InChI=1S/C15H26N2O5/c1-14(2,3)21-12(19)16-10-7-11(9-18)17(8-10)13(20)22-15(4,5)6/h9-11H,7-8H2,1-6H3,(H,16,19)/t10?,11-/m0/s1. The summed E-state index contributed by atoms with van der Waals surface area (Å²) in [6, 6.07) is -0.938. The summed E-state index contributed by atoms with van der Waals surface area (Å²) in [6.07, 6.45) is -0.0749. The van der Waals surface area contributed by atoms with Crippen molar-refractivity contribution in [3.63, 3.8) is 0 Å². The average molecular weight is 314 g/mol. The lowest BCUT2D eigenvalue weighted by molar-refractivity contribution is -0.111. The van der Waals surface area contributed by atoms with Gasteiger partial charge in [0.15, 0.2) is 0 Å². The van der Waals surface area contributed by atoms with E-state index in [2.05, 4.69) is 5.32 Å². The van der Waals surface area contributed by atoms with E-state index in [9.17, 15) is 14.4 Å². The molecule has 7 nitrogen and oxygen atoms in total. The van der Waals surface area contributed by atoms with Crippen molar-refractivity contribution in [1.29, 1.82) is 0 Å². The van der Waals surface area contributed by atoms with Crippen molar-refractivity contribution in [2.45, 2.75) is 71.2 Å². The first kappa shape index (κ1) is 18.3. The molecule has 0 aromatic heterocycles. The van der Waals surface area contributed by atoms with Crippen LogP contribution in [0.25, 0.3) is 0 Å². The first-order chi connectivity index (χ1) is 9.91. The lowest BCUT2D eigenvalue weighted by Crippen LogP contribution is -2.43. The molecule has 1 fully saturated rings. The molecule has 0 saturated carbocycles. The number of nitrogens with one attached hydrogen (secondary N) is 1. The number of aldehydes is 1. The summed E-state index contributed by atoms with van der Waals surface area (Å²) in [5, 5.41) is 2.68. The lowest BCUT2D eigenvalue weighted by Gasteiger charge is -2.26. The van der Waals surface area contributed by atoms with Gasteiger partial charge in [-0.25, -0.2) is 9.59 Å². The predicted octanol–water partition coefficient (Wildman–Crippen LogP) is 2.09. The molecular formula is C15H26N2O5. The first-order valence-electron chi connectivity index (χ1n) is 7.36. The van der Waals surface area contributed by atoms with Gasteiger partial charge in [0.2, 0.25) is 0 Å². The highest BCUT2D eigenvalue weighted by Crippen LogP contribution is 2.20. The molecule has 0 radical (unpaired) electrons. The van der Waals surface area contributed by atoms with Crippen LogP contribution >= 0.6 is 0 Å². The van der Waals surface area contributed by atoms with E-state index in [0.717, 1.165) is 0 Å². The number of carbonyl (C=O) groups is 3. The van der Waals surface area contributed by atoms with Crippen LogP contribution < -0.4 is 5.32 Å². The largest absolute Gasteiger partial charge is 0.444 e. The van der Waals surface area contributed by atoms with Gasteiger partial charge in [-0.3, -0.25) is 4.90 Å². The van der Waals surface area contributed by atoms with Crippen LogP contribution in [-0.4, -0.2) is 53.2 Å². The van der Waals surface area contributed by atoms with Crippen molar-refractivity contribution >= 4 is 18.5 Å². The Hall–Kier alpha value is -1.79. The highest BCUT2D eigenvalue weighted by Gasteiger charge is 2.38. The van der Waals surface area contributed by atoms with Crippen molar-refractivity contribution in [1.82, 2.24) is 10.2 Å². The van der Waals surface area contributed by atoms with Gasteiger partial charge in [-0.15, -0.1) is 0 Å². The smallest absolute Gasteiger partial charge is 0.410 e. The Bertz CT molecular complexity index is 436. The van der Waals surface area contributed by atoms with Gasteiger partial charge in [0.05, 0.1) is 12.1 Å². The number of carbonyl (C=O) groups excluding carboxylic acids is 3. The summed E-state index contributed by atoms with van der Waals surface area (Å²) in [4.78, 5) is 36.3. The van der Waals surface area contributed by atoms with Gasteiger partial charge < -0.3 is 19.6 Å². The Morgan fingerprint density at radius 2 is 1.64 bits per heavy atom. The fourth-order valence-corrected chi connectivity index (χ4v) is 2.10. The minimum absolute atomic E-state index is 0.220. The monoisotopic (exact) mass is 314 g/mol. The molecular weight excluding hydrogens is 288 g/mol. The van der Waals surface area contributed by atoms with E-state index in [4.69, 9.17) is 9.47 Å². The minimum Gasteiger partial charge on any atom is -0.444 e. The van der Waals surface area contributed by atoms with Crippen molar-refractivity contribution in [2.24, 2.45) is 0 Å². The Kier molecular flexibility index (Phi) is 5.43. The van der Waals surface area contributed by atoms with E-state index in [1.54, 1.807) is 41.5 Å². The molecule has 1 heterocycles. The summed E-state index contributed by atoms with van der Waals surface area (Å²) in [5.74, 6) is 0. The maximum Gasteiger partial charge on any atom is 0.410 e. The van der Waals surface area contributed by atoms with Gasteiger partial charge in [-0.1, -0.05) is 0 Å². The summed E-state index contributed by atoms with van der Waals surface area (Å²) in [5.41, 5.74) is -1.24. The molecule has 0 spiro atoms. The average Bonchev–Trinajstić information content (AvgIpc) is 2.66. The molecule has 7 heteroatoms. The third-order valence-corrected chi connectivity index (χ3v) is 2.85. The molecule has 1 aliphatic heterocycles. The number of likely N-dealkylation sites (tertiary alicyclic amines) is 1. The maximum absolute atomic E-state index is 12.1. The molecule has 0 aromatic carbocycles. The molecule has 0 aromatic rings. The second-order valence-electron chi connectivity index (χ2n) is 7.41. The highest BCUT2D eigenvalue weighted by molar-refractivity contribution is 5.75. The van der Waals surface area contributed by atoms with Crippen LogP contribution in [0.1, 0.15) is 48.0 Å². The van der Waals surface area contributed by atoms with Crippen molar-refractivity contribution in [2.75, 3.05) is 6.54 Å². The van der Waals surface area contributed by atoms with Gasteiger partial charge in [-0.2, -0.15) is 0 Å². The molecule has 0 aliphatic carbocycles. The van der Waals surface area contributed by atoms with Crippen LogP contribution in [0.15, 0.2) is 0 Å². The van der Waals surface area contributed by atoms with E-state index >= 15 is 0 Å². The van der Waals surface area contributed by atoms with Gasteiger partial charge in [0.25, 0.3) is 0 Å². The van der Waals surface area contributed by atoms with Gasteiger partial charge in [-0.05, 0) is 48.0 Å². The Balaban J connectivity index is 2.63. The molecule has 126 valence electrons. The Morgan fingerprint density at radius 1 is 1.09 bits per heavy atom. The van der Waals surface area contributed by atoms with E-state index in [-0.39, 0.29) is 12.6 Å². The fourth-order valence-electron chi connectivity index (χ4n) is 2.10. The topological polar surface area (TPSA) is 84.9 Å². The number of hydrogen-bond donors (Lipinski definition) is 1. The number of rotatable bonds is 2. The normalized spacial score (nSPS) is 22.2. The summed E-state index contributed by atoms with van der Waals surface area (Å²) in [7, 11) is 0. The molecule has 0 bridgehead atoms. The zero-order chi connectivity index (χ0) is 17.1. The zero-order valence-electron chi connectivity index (χ0n) is 14.1. The Morgan fingerprint density at radius 3 is 2.09 bits per heavy atom. The van der Waals surface area contributed by atoms with Crippen LogP contribution in [0.4, 0.5) is 9.59 Å². The summed E-state index contributed by atoms with van der Waals surface area (Å²) < 4.78 is 10.4. The van der Waals surface area contributed by atoms with E-state index in [0.29, 0.717) is 12.7 Å². The maximum atomic E-state index is 12.1. The SMILES string of the molecule is CC(C)(C)OC(=O)NC1C[C@@H](C=O)N(C(=O)OC(C)(C)C)C1. The molecule has 1 N–H and O–H groups in total. The molecule has 2 amide bonds. The zero-order valence-corrected chi connectivity index (χ0v) is 14.1. The molecule has 1 aliphatic rings. The number of amides is 2. The number of alkyl carbamates (subject to hydrolysis) is 1. The van der Waals surface area contributed by atoms with E-state index < -0.39 is 29.4 Å². The van der Waals surface area contributed by atoms with E-state index in [1.165, 1.54) is 4.90 Å². The lowest BCUT2D eigenvalue weighted by atomic mass is 10.2. The van der Waals surface area contributed by atoms with Crippen molar-refractivity contribution < 1.29 is 23.9 Å². The van der Waals surface area contributed by atoms with Crippen molar-refractivity contribution in [3.05, 3.63) is 0 Å². The number of nitrogens with zero attached hydrogens (tertiary/aromatic N) is 1. The predicted molar refractivity (Wildman–Crippen MR) is 80.6 cm³/mol. The van der Waals surface area contributed by atoms with Gasteiger partial charge in [0, 0.05) is 6.54 Å². The van der Waals surface area contributed by atoms with Crippen LogP contribution in [-0.2, 0) is 14.3 Å². The van der Waals surface area contributed by atoms with Crippen LogP contribution in [0.3, 0.4) is 0 Å². The van der Waals surface area contributed by atoms with Crippen LogP contribution in [0.5, 0.6) is 0 Å². The van der Waals surface area contributed by atoms with Gasteiger partial charge in [0.1, 0.15) is 17.5 Å². The molecule has 1 saturated heterocycles. The third kappa shape index (κ3) is 5.91. The molecule has 1 unspecified atom stereocenters. The summed E-state index contributed by atoms with van der Waals surface area (Å²) in [6.45, 7) is 10.8. The minimum atomic E-state index is -0.638. The number of hydrogen-bond acceptors (Lipinski definition) is 5. The summed E-state index contributed by atoms with van der Waals surface area (Å²) >= 11 is 0. The third-order valence-electron chi connectivity index (χ3n) is 2.85. The van der Waals surface area contributed by atoms with Crippen molar-refractivity contribution in [3.8, 4) is 0 Å². The highest BCUT2D eigenvalue weighted by atomic mass is 16.6. The first-order valence-corrected chi connectivity index (χ1v) is 7.36. The quantitative estimate of drug-likeness (QED) is 0.789. The Labute approximate surface area is 131 Å². The molecule has 2 atom stereocenters. The van der Waals surface area contributed by atoms with Gasteiger partial charge >= 0.3 is 12.2 Å². The number of ether oxygens (including phenoxy) is 2. The van der Waals surface area contributed by atoms with Crippen LogP contribution in [0, 0.1) is 0 Å². The fraction of sp³-hybridized carbons (Fsp3) is 0.800. The van der Waals surface area contributed by atoms with Crippen LogP contribution in [0.2, 0.25) is 0 Å². The molecule has 1 rings (SSSR count). The van der Waals surface area contributed by atoms with E-state index in [1.807, 2.05) is 0 Å².